The number of aromatic nitrogens is 1. The number of rotatable bonds is 4. The van der Waals surface area contributed by atoms with Crippen LogP contribution >= 0.6 is 0 Å². The summed E-state index contributed by atoms with van der Waals surface area (Å²) in [6.45, 7) is 1.88. The van der Waals surface area contributed by atoms with E-state index >= 15 is 0 Å². The van der Waals surface area contributed by atoms with Crippen molar-refractivity contribution in [2.75, 3.05) is 13.1 Å². The van der Waals surface area contributed by atoms with Crippen LogP contribution in [0, 0.1) is 0 Å². The smallest absolute Gasteiger partial charge is 0.417 e. The van der Waals surface area contributed by atoms with E-state index in [0.29, 0.717) is 5.75 Å². The molecule has 1 saturated heterocycles. The van der Waals surface area contributed by atoms with Gasteiger partial charge in [-0.1, -0.05) is 48.0 Å². The Bertz CT molecular complexity index is 1020. The lowest BCUT2D eigenvalue weighted by Crippen LogP contribution is -2.23. The van der Waals surface area contributed by atoms with Crippen molar-refractivity contribution in [1.29, 1.82) is 0 Å². The lowest BCUT2D eigenvalue weighted by molar-refractivity contribution is -0.137. The van der Waals surface area contributed by atoms with E-state index in [1.807, 2.05) is 36.4 Å². The third kappa shape index (κ3) is 4.71. The summed E-state index contributed by atoms with van der Waals surface area (Å²) >= 11 is 0. The second kappa shape index (κ2) is 8.71. The van der Waals surface area contributed by atoms with Crippen LogP contribution in [-0.4, -0.2) is 18.1 Å². The second-order valence-electron chi connectivity index (χ2n) is 7.11. The molecule has 1 aromatic heterocycles. The van der Waals surface area contributed by atoms with E-state index in [2.05, 4.69) is 22.4 Å². The van der Waals surface area contributed by atoms with E-state index in [9.17, 15) is 13.2 Å². The third-order valence-corrected chi connectivity index (χ3v) is 5.03. The van der Waals surface area contributed by atoms with Gasteiger partial charge in [0.1, 0.15) is 5.75 Å². The SMILES string of the molecule is FC(F)(F)c1ccc(Oc2cccc(C(=C3CCNCC3)c3ccccc3)c2)nc1. The summed E-state index contributed by atoms with van der Waals surface area (Å²) < 4.78 is 44.0. The normalized spacial score (nSPS) is 14.4. The Morgan fingerprint density at radius 1 is 0.867 bits per heavy atom. The van der Waals surface area contributed by atoms with Gasteiger partial charge in [-0.2, -0.15) is 13.2 Å². The maximum Gasteiger partial charge on any atom is 0.417 e. The highest BCUT2D eigenvalue weighted by Gasteiger charge is 2.30. The van der Waals surface area contributed by atoms with Crippen molar-refractivity contribution in [3.05, 3.63) is 95.2 Å². The van der Waals surface area contributed by atoms with Gasteiger partial charge in [0, 0.05) is 12.3 Å². The molecule has 0 radical (unpaired) electrons. The number of piperidine rings is 1. The fourth-order valence-corrected chi connectivity index (χ4v) is 3.60. The quantitative estimate of drug-likeness (QED) is 0.566. The van der Waals surface area contributed by atoms with Crippen molar-refractivity contribution < 1.29 is 17.9 Å². The molecule has 0 bridgehead atoms. The number of alkyl halides is 3. The number of nitrogens with zero attached hydrogens (tertiary/aromatic N) is 1. The van der Waals surface area contributed by atoms with Gasteiger partial charge in [-0.15, -0.1) is 0 Å². The molecule has 2 heterocycles. The van der Waals surface area contributed by atoms with Gasteiger partial charge >= 0.3 is 6.18 Å². The van der Waals surface area contributed by atoms with E-state index in [1.165, 1.54) is 17.2 Å². The lowest BCUT2D eigenvalue weighted by atomic mass is 9.89. The maximum absolute atomic E-state index is 12.7. The molecule has 0 atom stereocenters. The highest BCUT2D eigenvalue weighted by Crippen LogP contribution is 2.34. The van der Waals surface area contributed by atoms with Gasteiger partial charge in [0.05, 0.1) is 5.56 Å². The summed E-state index contributed by atoms with van der Waals surface area (Å²) in [7, 11) is 0. The van der Waals surface area contributed by atoms with Gasteiger partial charge in [-0.3, -0.25) is 0 Å². The highest BCUT2D eigenvalue weighted by atomic mass is 19.4. The van der Waals surface area contributed by atoms with Crippen LogP contribution in [0.3, 0.4) is 0 Å². The maximum atomic E-state index is 12.7. The molecule has 30 heavy (non-hydrogen) atoms. The molecule has 1 aliphatic rings. The Morgan fingerprint density at radius 2 is 1.60 bits per heavy atom. The average Bonchev–Trinajstić information content (AvgIpc) is 2.76. The highest BCUT2D eigenvalue weighted by molar-refractivity contribution is 5.82. The van der Waals surface area contributed by atoms with Crippen LogP contribution in [0.5, 0.6) is 11.6 Å². The van der Waals surface area contributed by atoms with Gasteiger partial charge in [0.15, 0.2) is 0 Å². The Balaban J connectivity index is 1.65. The third-order valence-electron chi connectivity index (χ3n) is 5.03. The van der Waals surface area contributed by atoms with E-state index in [4.69, 9.17) is 4.74 Å². The van der Waals surface area contributed by atoms with Crippen LogP contribution in [-0.2, 0) is 6.18 Å². The molecule has 0 aliphatic carbocycles. The zero-order valence-corrected chi connectivity index (χ0v) is 16.2. The molecule has 0 amide bonds. The predicted molar refractivity (Wildman–Crippen MR) is 110 cm³/mol. The summed E-state index contributed by atoms with van der Waals surface area (Å²) in [5.41, 5.74) is 3.92. The average molecular weight is 410 g/mol. The lowest BCUT2D eigenvalue weighted by Gasteiger charge is -2.21. The van der Waals surface area contributed by atoms with Crippen LogP contribution in [0.1, 0.15) is 29.5 Å². The molecule has 4 rings (SSSR count). The Labute approximate surface area is 173 Å². The minimum atomic E-state index is -4.42. The van der Waals surface area contributed by atoms with E-state index < -0.39 is 11.7 Å². The fraction of sp³-hybridized carbons (Fsp3) is 0.208. The van der Waals surface area contributed by atoms with Crippen molar-refractivity contribution in [3.63, 3.8) is 0 Å². The molecule has 0 unspecified atom stereocenters. The molecular weight excluding hydrogens is 389 g/mol. The predicted octanol–water partition coefficient (Wildman–Crippen LogP) is 6.08. The largest absolute Gasteiger partial charge is 0.439 e. The number of hydrogen-bond acceptors (Lipinski definition) is 3. The van der Waals surface area contributed by atoms with Crippen LogP contribution in [0.25, 0.3) is 5.57 Å². The van der Waals surface area contributed by atoms with Crippen molar-refractivity contribution in [2.24, 2.45) is 0 Å². The van der Waals surface area contributed by atoms with Gasteiger partial charge in [-0.05, 0) is 60.8 Å². The summed E-state index contributed by atoms with van der Waals surface area (Å²) in [5.74, 6) is 0.652. The number of pyridine rings is 1. The second-order valence-corrected chi connectivity index (χ2v) is 7.11. The van der Waals surface area contributed by atoms with Crippen LogP contribution in [0.4, 0.5) is 13.2 Å². The number of halogens is 3. The first kappa shape index (κ1) is 20.2. The van der Waals surface area contributed by atoms with E-state index in [1.54, 1.807) is 6.07 Å². The number of benzene rings is 2. The molecule has 6 heteroatoms. The standard InChI is InChI=1S/C24H21F3N2O/c25-24(26,27)20-9-10-22(29-16-20)30-21-8-4-7-19(15-21)23(17-5-2-1-3-6-17)18-11-13-28-14-12-18/h1-10,15-16,28H,11-14H2. The molecule has 154 valence electrons. The number of ether oxygens (including phenoxy) is 1. The number of nitrogens with one attached hydrogen (secondary N) is 1. The van der Waals surface area contributed by atoms with Crippen molar-refractivity contribution in [2.45, 2.75) is 19.0 Å². The topological polar surface area (TPSA) is 34.1 Å². The minimum absolute atomic E-state index is 0.121. The Morgan fingerprint density at radius 3 is 2.27 bits per heavy atom. The van der Waals surface area contributed by atoms with Crippen molar-refractivity contribution in [1.82, 2.24) is 10.3 Å². The molecular formula is C24H21F3N2O. The van der Waals surface area contributed by atoms with Gasteiger partial charge in [-0.25, -0.2) is 4.98 Å². The van der Waals surface area contributed by atoms with Gasteiger partial charge in [0.2, 0.25) is 5.88 Å². The molecule has 0 saturated carbocycles. The molecule has 0 spiro atoms. The minimum Gasteiger partial charge on any atom is -0.439 e. The number of hydrogen-bond donors (Lipinski definition) is 1. The first-order valence-corrected chi connectivity index (χ1v) is 9.80. The summed E-state index contributed by atoms with van der Waals surface area (Å²) in [6, 6.07) is 20.0. The molecule has 1 N–H and O–H groups in total. The first-order chi connectivity index (χ1) is 14.5. The van der Waals surface area contributed by atoms with Gasteiger partial charge < -0.3 is 10.1 Å². The Kier molecular flexibility index (Phi) is 5.86. The fourth-order valence-electron chi connectivity index (χ4n) is 3.60. The molecule has 2 aromatic carbocycles. The zero-order valence-electron chi connectivity index (χ0n) is 16.2. The van der Waals surface area contributed by atoms with Crippen LogP contribution in [0.2, 0.25) is 0 Å². The first-order valence-electron chi connectivity index (χ1n) is 9.80. The van der Waals surface area contributed by atoms with Crippen molar-refractivity contribution in [3.8, 4) is 11.6 Å². The zero-order chi connectivity index (χ0) is 21.0. The van der Waals surface area contributed by atoms with Crippen LogP contribution < -0.4 is 10.1 Å². The summed E-state index contributed by atoms with van der Waals surface area (Å²) in [5, 5.41) is 3.38. The van der Waals surface area contributed by atoms with Crippen molar-refractivity contribution >= 4 is 5.57 Å². The molecule has 1 aliphatic heterocycles. The monoisotopic (exact) mass is 410 g/mol. The van der Waals surface area contributed by atoms with E-state index in [-0.39, 0.29) is 5.88 Å². The molecule has 3 nitrogen and oxygen atoms in total. The molecule has 3 aromatic rings. The van der Waals surface area contributed by atoms with E-state index in [0.717, 1.165) is 49.3 Å². The summed E-state index contributed by atoms with van der Waals surface area (Å²) in [6.07, 6.45) is -1.70. The van der Waals surface area contributed by atoms with Gasteiger partial charge in [0.25, 0.3) is 0 Å². The van der Waals surface area contributed by atoms with Crippen LogP contribution in [0.15, 0.2) is 78.5 Å². The summed E-state index contributed by atoms with van der Waals surface area (Å²) in [4.78, 5) is 3.80. The Hall–Kier alpha value is -3.12. The molecule has 1 fully saturated rings.